The molecule has 0 amide bonds. The zero-order valence-corrected chi connectivity index (χ0v) is 21.0. The molecule has 1 atom stereocenters. The molecule has 3 rings (SSSR count). The minimum Gasteiger partial charge on any atom is -0.496 e. The van der Waals surface area contributed by atoms with Crippen molar-refractivity contribution in [1.82, 2.24) is 9.97 Å². The Balaban J connectivity index is 2.28. The highest BCUT2D eigenvalue weighted by molar-refractivity contribution is 5.87. The van der Waals surface area contributed by atoms with Crippen LogP contribution in [0, 0.1) is 0 Å². The molecule has 3 aromatic rings. The lowest BCUT2D eigenvalue weighted by Crippen LogP contribution is -2.27. The van der Waals surface area contributed by atoms with Crippen molar-refractivity contribution in [1.29, 1.82) is 0 Å². The normalized spacial score (nSPS) is 12.9. The highest BCUT2D eigenvalue weighted by Gasteiger charge is 2.39. The minimum absolute atomic E-state index is 0.0947. The third kappa shape index (κ3) is 6.53. The van der Waals surface area contributed by atoms with Crippen LogP contribution >= 0.6 is 0 Å². The smallest absolute Gasteiger partial charge is 0.420 e. The van der Waals surface area contributed by atoms with E-state index < -0.39 is 30.4 Å². The first kappa shape index (κ1) is 28.3. The Morgan fingerprint density at radius 1 is 0.865 bits per heavy atom. The molecule has 0 radical (unpaired) electrons. The molecular weight excluding hydrogens is 496 g/mol. The van der Waals surface area contributed by atoms with Gasteiger partial charge in [-0.2, -0.15) is 26.3 Å². The molecule has 1 aromatic heterocycles. The highest BCUT2D eigenvalue weighted by Crippen LogP contribution is 2.47. The Morgan fingerprint density at radius 3 is 2.03 bits per heavy atom. The molecule has 0 saturated heterocycles. The Hall–Kier alpha value is -3.30. The molecule has 200 valence electrons. The van der Waals surface area contributed by atoms with Crippen molar-refractivity contribution >= 4 is 5.82 Å². The van der Waals surface area contributed by atoms with Gasteiger partial charge in [-0.1, -0.05) is 51.1 Å². The van der Waals surface area contributed by atoms with Crippen LogP contribution in [0.5, 0.6) is 5.75 Å². The molecule has 10 heteroatoms. The molecule has 1 N–H and O–H groups in total. The minimum atomic E-state index is -4.73. The maximum absolute atomic E-state index is 14.4. The van der Waals surface area contributed by atoms with E-state index >= 15 is 0 Å². The van der Waals surface area contributed by atoms with Crippen LogP contribution in [0.25, 0.3) is 22.4 Å². The number of alkyl halides is 6. The van der Waals surface area contributed by atoms with E-state index in [1.165, 1.54) is 19.2 Å². The van der Waals surface area contributed by atoms with Gasteiger partial charge in [0, 0.05) is 17.2 Å². The largest absolute Gasteiger partial charge is 0.496 e. The number of anilines is 1. The number of nitrogens with zero attached hydrogens (tertiary/aromatic N) is 2. The molecule has 0 saturated carbocycles. The highest BCUT2D eigenvalue weighted by atomic mass is 19.4. The fourth-order valence-electron chi connectivity index (χ4n) is 4.24. The number of aryl methyl sites for hydroxylation is 2. The topological polar surface area (TPSA) is 47.0 Å². The summed E-state index contributed by atoms with van der Waals surface area (Å²) >= 11 is 0. The summed E-state index contributed by atoms with van der Waals surface area (Å²) < 4.78 is 87.3. The number of rotatable bonds is 9. The fraction of sp³-hybridized carbons (Fsp3) is 0.407. The first-order chi connectivity index (χ1) is 17.4. The Labute approximate surface area is 212 Å². The van der Waals surface area contributed by atoms with Crippen molar-refractivity contribution in [3.63, 3.8) is 0 Å². The second-order valence-corrected chi connectivity index (χ2v) is 8.52. The Morgan fingerprint density at radius 2 is 1.51 bits per heavy atom. The molecule has 0 aliphatic rings. The molecule has 2 aromatic carbocycles. The van der Waals surface area contributed by atoms with Gasteiger partial charge in [0.2, 0.25) is 0 Å². The van der Waals surface area contributed by atoms with E-state index in [-0.39, 0.29) is 34.8 Å². The summed E-state index contributed by atoms with van der Waals surface area (Å²) in [6.07, 6.45) is -9.30. The maximum Gasteiger partial charge on any atom is 0.420 e. The van der Waals surface area contributed by atoms with Crippen molar-refractivity contribution in [2.75, 3.05) is 12.4 Å². The van der Waals surface area contributed by atoms with E-state index in [1.54, 1.807) is 51.1 Å². The standard InChI is InChI=1S/C27H29F6N3O/c1-5-17(15-26(28,29)30)34-25-20(7-3)35-24(19(6-2)36-25)18-13-14-21(37-4)23(27(31,32)33)22(18)16-11-9-8-10-12-16/h8-14,17H,5-7,15H2,1-4H3,(H,34,36). The lowest BCUT2D eigenvalue weighted by atomic mass is 9.90. The lowest BCUT2D eigenvalue weighted by molar-refractivity contribution is -0.138. The van der Waals surface area contributed by atoms with Crippen LogP contribution in [0.1, 0.15) is 50.6 Å². The SMILES string of the molecule is CCc1nc(-c2ccc(OC)c(C(F)(F)F)c2-c2ccccc2)c(CC)nc1NC(CC)CC(F)(F)F. The van der Waals surface area contributed by atoms with Gasteiger partial charge in [0.05, 0.1) is 30.6 Å². The van der Waals surface area contributed by atoms with E-state index in [4.69, 9.17) is 4.74 Å². The van der Waals surface area contributed by atoms with Gasteiger partial charge in [0.25, 0.3) is 0 Å². The van der Waals surface area contributed by atoms with Gasteiger partial charge in [0.15, 0.2) is 0 Å². The van der Waals surface area contributed by atoms with Crippen molar-refractivity contribution in [2.45, 2.75) is 64.8 Å². The van der Waals surface area contributed by atoms with Gasteiger partial charge in [-0.05, 0) is 37.0 Å². The molecule has 0 aliphatic carbocycles. The van der Waals surface area contributed by atoms with E-state index in [0.717, 1.165) is 0 Å². The fourth-order valence-corrected chi connectivity index (χ4v) is 4.24. The quantitative estimate of drug-likeness (QED) is 0.287. The Kier molecular flexibility index (Phi) is 8.71. The van der Waals surface area contributed by atoms with Gasteiger partial charge in [-0.25, -0.2) is 9.97 Å². The van der Waals surface area contributed by atoms with Gasteiger partial charge in [-0.3, -0.25) is 0 Å². The van der Waals surface area contributed by atoms with Crippen LogP contribution in [0.15, 0.2) is 42.5 Å². The predicted molar refractivity (Wildman–Crippen MR) is 132 cm³/mol. The monoisotopic (exact) mass is 525 g/mol. The summed E-state index contributed by atoms with van der Waals surface area (Å²) in [5.41, 5.74) is 0.507. The zero-order valence-electron chi connectivity index (χ0n) is 21.0. The summed E-state index contributed by atoms with van der Waals surface area (Å²) in [5, 5.41) is 2.86. The number of methoxy groups -OCH3 is 1. The summed E-state index contributed by atoms with van der Waals surface area (Å²) in [5.74, 6) is -0.113. The third-order valence-corrected chi connectivity index (χ3v) is 6.01. The molecule has 0 fully saturated rings. The van der Waals surface area contributed by atoms with Gasteiger partial charge in [-0.15, -0.1) is 0 Å². The van der Waals surface area contributed by atoms with Gasteiger partial charge < -0.3 is 10.1 Å². The van der Waals surface area contributed by atoms with E-state index in [2.05, 4.69) is 15.3 Å². The molecule has 0 aliphatic heterocycles. The predicted octanol–water partition coefficient (Wildman–Crippen LogP) is 8.11. The van der Waals surface area contributed by atoms with Crippen molar-refractivity contribution < 1.29 is 31.1 Å². The second-order valence-electron chi connectivity index (χ2n) is 8.52. The van der Waals surface area contributed by atoms with Crippen LogP contribution in [-0.4, -0.2) is 29.3 Å². The lowest BCUT2D eigenvalue weighted by Gasteiger charge is -2.23. The van der Waals surface area contributed by atoms with Crippen molar-refractivity contribution in [2.24, 2.45) is 0 Å². The number of hydrogen-bond donors (Lipinski definition) is 1. The van der Waals surface area contributed by atoms with Crippen molar-refractivity contribution in [3.05, 3.63) is 59.4 Å². The second kappa shape index (κ2) is 11.4. The Bertz CT molecular complexity index is 1210. The van der Waals surface area contributed by atoms with Crippen LogP contribution in [0.3, 0.4) is 0 Å². The number of hydrogen-bond acceptors (Lipinski definition) is 4. The molecule has 1 unspecified atom stereocenters. The maximum atomic E-state index is 14.4. The van der Waals surface area contributed by atoms with Crippen LogP contribution in [-0.2, 0) is 19.0 Å². The van der Waals surface area contributed by atoms with Gasteiger partial charge in [0.1, 0.15) is 17.1 Å². The van der Waals surface area contributed by atoms with Gasteiger partial charge >= 0.3 is 12.4 Å². The van der Waals surface area contributed by atoms with Crippen LogP contribution in [0.2, 0.25) is 0 Å². The van der Waals surface area contributed by atoms with Crippen LogP contribution < -0.4 is 10.1 Å². The first-order valence-corrected chi connectivity index (χ1v) is 12.0. The molecule has 4 nitrogen and oxygen atoms in total. The molecule has 1 heterocycles. The molecule has 0 spiro atoms. The number of nitrogens with one attached hydrogen (secondary N) is 1. The average Bonchev–Trinajstić information content (AvgIpc) is 2.86. The van der Waals surface area contributed by atoms with E-state index in [9.17, 15) is 26.3 Å². The van der Waals surface area contributed by atoms with E-state index in [0.29, 0.717) is 29.8 Å². The van der Waals surface area contributed by atoms with Crippen LogP contribution in [0.4, 0.5) is 32.2 Å². The average molecular weight is 526 g/mol. The number of ether oxygens (including phenoxy) is 1. The molecular formula is C27H29F6N3O. The summed E-state index contributed by atoms with van der Waals surface area (Å²) in [6.45, 7) is 5.18. The number of halogens is 6. The summed E-state index contributed by atoms with van der Waals surface area (Å²) in [4.78, 5) is 9.24. The number of benzene rings is 2. The summed E-state index contributed by atoms with van der Waals surface area (Å²) in [6, 6.07) is 9.99. The third-order valence-electron chi connectivity index (χ3n) is 6.01. The summed E-state index contributed by atoms with van der Waals surface area (Å²) in [7, 11) is 1.18. The zero-order chi connectivity index (χ0) is 27.4. The first-order valence-electron chi connectivity index (χ1n) is 12.0. The molecule has 0 bridgehead atoms. The van der Waals surface area contributed by atoms with Crippen molar-refractivity contribution in [3.8, 4) is 28.1 Å². The van der Waals surface area contributed by atoms with E-state index in [1.807, 2.05) is 0 Å². The number of aromatic nitrogens is 2. The molecule has 37 heavy (non-hydrogen) atoms.